The van der Waals surface area contributed by atoms with Crippen molar-refractivity contribution in [3.8, 4) is 0 Å². The molecule has 0 spiro atoms. The fourth-order valence-corrected chi connectivity index (χ4v) is 4.24. The highest BCUT2D eigenvalue weighted by Gasteiger charge is 2.14. The molecule has 1 heteroatoms. The van der Waals surface area contributed by atoms with Crippen LogP contribution in [0.1, 0.15) is 11.1 Å². The minimum atomic E-state index is -0.00484. The molecule has 15 heavy (non-hydrogen) atoms. The van der Waals surface area contributed by atoms with Gasteiger partial charge in [0.2, 0.25) is 0 Å². The molecule has 2 aromatic rings. The molecule has 0 nitrogen and oxygen atoms in total. The van der Waals surface area contributed by atoms with Gasteiger partial charge in [-0.25, -0.2) is 0 Å². The van der Waals surface area contributed by atoms with E-state index in [1.165, 1.54) is 18.3 Å². The molecule has 0 bridgehead atoms. The molecule has 0 amide bonds. The third-order valence-corrected chi connectivity index (χ3v) is 4.77. The van der Waals surface area contributed by atoms with Gasteiger partial charge in [-0.3, -0.25) is 0 Å². The zero-order valence-electron chi connectivity index (χ0n) is 9.00. The van der Waals surface area contributed by atoms with Gasteiger partial charge in [0.15, 0.2) is 7.14 Å². The summed E-state index contributed by atoms with van der Waals surface area (Å²) in [6.45, 7) is 4.31. The van der Waals surface area contributed by atoms with E-state index >= 15 is 0 Å². The lowest BCUT2D eigenvalue weighted by atomic mass is 10.2. The van der Waals surface area contributed by atoms with Crippen molar-refractivity contribution < 1.29 is 21.2 Å². The van der Waals surface area contributed by atoms with Crippen molar-refractivity contribution in [2.24, 2.45) is 0 Å². The first-order chi connectivity index (χ1) is 7.24. The van der Waals surface area contributed by atoms with Crippen molar-refractivity contribution in [2.75, 3.05) is 0 Å². The second kappa shape index (κ2) is 4.79. The van der Waals surface area contributed by atoms with E-state index in [2.05, 4.69) is 62.4 Å². The van der Waals surface area contributed by atoms with Crippen LogP contribution in [0, 0.1) is 21.0 Å². The zero-order valence-corrected chi connectivity index (χ0v) is 11.2. The second-order valence-corrected chi connectivity index (χ2v) is 6.72. The molecule has 0 N–H and O–H groups in total. The molecule has 0 aliphatic heterocycles. The van der Waals surface area contributed by atoms with Crippen LogP contribution < -0.4 is 21.2 Å². The van der Waals surface area contributed by atoms with Gasteiger partial charge in [0.25, 0.3) is 0 Å². The summed E-state index contributed by atoms with van der Waals surface area (Å²) in [7, 11) is 0. The third kappa shape index (κ3) is 3.06. The van der Waals surface area contributed by atoms with E-state index in [1.54, 1.807) is 0 Å². The van der Waals surface area contributed by atoms with Crippen LogP contribution >= 0.6 is 0 Å². The molecule has 0 aliphatic rings. The summed E-state index contributed by atoms with van der Waals surface area (Å²) >= 11 is -0.00484. The Bertz CT molecular complexity index is 417. The minimum absolute atomic E-state index is 0.00484. The van der Waals surface area contributed by atoms with Gasteiger partial charge in [0.05, 0.1) is 0 Å². The minimum Gasteiger partial charge on any atom is -0.0590 e. The summed E-state index contributed by atoms with van der Waals surface area (Å²) in [4.78, 5) is 0. The molecule has 0 saturated heterocycles. The van der Waals surface area contributed by atoms with Crippen molar-refractivity contribution in [1.82, 2.24) is 0 Å². The van der Waals surface area contributed by atoms with Gasteiger partial charge in [-0.05, 0) is 49.2 Å². The Morgan fingerprint density at radius 2 is 1.20 bits per heavy atom. The quantitative estimate of drug-likeness (QED) is 0.706. The van der Waals surface area contributed by atoms with Crippen LogP contribution in [0.25, 0.3) is 0 Å². The van der Waals surface area contributed by atoms with E-state index in [0.29, 0.717) is 0 Å². The first-order valence-electron chi connectivity index (χ1n) is 5.02. The molecular formula is C14H14I+. The predicted molar refractivity (Wildman–Crippen MR) is 59.8 cm³/mol. The van der Waals surface area contributed by atoms with Gasteiger partial charge in [0, 0.05) is 0 Å². The average molecular weight is 309 g/mol. The molecule has 0 fully saturated rings. The highest BCUT2D eigenvalue weighted by atomic mass is 127. The smallest absolute Gasteiger partial charge is 0.0590 e. The molecule has 0 saturated carbocycles. The maximum Gasteiger partial charge on any atom is 0.357 e. The summed E-state index contributed by atoms with van der Waals surface area (Å²) < 4.78 is 3.00. The molecule has 0 heterocycles. The Labute approximate surface area is 102 Å². The fourth-order valence-electron chi connectivity index (χ4n) is 1.45. The van der Waals surface area contributed by atoms with Gasteiger partial charge in [0.1, 0.15) is 0 Å². The molecule has 0 aromatic heterocycles. The third-order valence-electron chi connectivity index (χ3n) is 2.18. The van der Waals surface area contributed by atoms with Crippen LogP contribution in [0.3, 0.4) is 0 Å². The highest BCUT2D eigenvalue weighted by molar-refractivity contribution is 5.14. The summed E-state index contributed by atoms with van der Waals surface area (Å²) in [6.07, 6.45) is 0. The van der Waals surface area contributed by atoms with E-state index in [0.717, 1.165) is 0 Å². The van der Waals surface area contributed by atoms with Crippen molar-refractivity contribution in [3.63, 3.8) is 0 Å². The standard InChI is InChI=1S/C14H14I/c1-11-5-3-7-13(9-11)15-14-8-4-6-12(2)10-14/h3-10H,1-2H3/q+1. The first-order valence-corrected chi connectivity index (χ1v) is 7.18. The Kier molecular flexibility index (Phi) is 3.41. The van der Waals surface area contributed by atoms with E-state index in [4.69, 9.17) is 0 Å². The van der Waals surface area contributed by atoms with Crippen molar-refractivity contribution in [1.29, 1.82) is 0 Å². The lowest BCUT2D eigenvalue weighted by Crippen LogP contribution is -3.61. The number of hydrogen-bond donors (Lipinski definition) is 0. The number of halogens is 1. The van der Waals surface area contributed by atoms with Gasteiger partial charge < -0.3 is 0 Å². The molecular weight excluding hydrogens is 295 g/mol. The van der Waals surface area contributed by atoms with Gasteiger partial charge in [-0.1, -0.05) is 24.3 Å². The maximum absolute atomic E-state index is 2.30. The number of aryl methyl sites for hydroxylation is 2. The van der Waals surface area contributed by atoms with Crippen LogP contribution in [0.15, 0.2) is 48.5 Å². The normalized spacial score (nSPS) is 10.3. The van der Waals surface area contributed by atoms with Crippen LogP contribution in [0.5, 0.6) is 0 Å². The lowest BCUT2D eigenvalue weighted by Gasteiger charge is -1.91. The largest absolute Gasteiger partial charge is 0.357 e. The van der Waals surface area contributed by atoms with Gasteiger partial charge in [-0.15, -0.1) is 0 Å². The number of hydrogen-bond acceptors (Lipinski definition) is 0. The maximum atomic E-state index is 2.30. The molecule has 0 atom stereocenters. The van der Waals surface area contributed by atoms with Crippen molar-refractivity contribution in [2.45, 2.75) is 13.8 Å². The molecule has 0 aliphatic carbocycles. The van der Waals surface area contributed by atoms with E-state index in [9.17, 15) is 0 Å². The van der Waals surface area contributed by atoms with E-state index < -0.39 is 0 Å². The Balaban J connectivity index is 2.22. The zero-order chi connectivity index (χ0) is 10.7. The van der Waals surface area contributed by atoms with Crippen LogP contribution in [0.2, 0.25) is 0 Å². The SMILES string of the molecule is Cc1cccc([I+]c2cccc(C)c2)c1. The second-order valence-electron chi connectivity index (χ2n) is 3.69. The van der Waals surface area contributed by atoms with E-state index in [1.807, 2.05) is 0 Å². The Hall–Kier alpha value is -0.830. The van der Waals surface area contributed by atoms with Gasteiger partial charge in [-0.2, -0.15) is 0 Å². The Morgan fingerprint density at radius 1 is 0.733 bits per heavy atom. The number of rotatable bonds is 2. The first kappa shape index (κ1) is 10.7. The van der Waals surface area contributed by atoms with Crippen molar-refractivity contribution >= 4 is 0 Å². The molecule has 2 aromatic carbocycles. The number of benzene rings is 2. The Morgan fingerprint density at radius 3 is 1.60 bits per heavy atom. The lowest BCUT2D eigenvalue weighted by molar-refractivity contribution is -0.597. The topological polar surface area (TPSA) is 0 Å². The summed E-state index contributed by atoms with van der Waals surface area (Å²) in [5.74, 6) is 0. The predicted octanol–water partition coefficient (Wildman–Crippen LogP) is 0.432. The van der Waals surface area contributed by atoms with Crippen LogP contribution in [-0.4, -0.2) is 0 Å². The monoisotopic (exact) mass is 309 g/mol. The van der Waals surface area contributed by atoms with Crippen LogP contribution in [-0.2, 0) is 0 Å². The van der Waals surface area contributed by atoms with Crippen molar-refractivity contribution in [3.05, 3.63) is 66.8 Å². The molecule has 0 radical (unpaired) electrons. The van der Waals surface area contributed by atoms with Crippen LogP contribution in [0.4, 0.5) is 0 Å². The molecule has 0 unspecified atom stereocenters. The average Bonchev–Trinajstić information content (AvgIpc) is 2.17. The summed E-state index contributed by atoms with van der Waals surface area (Å²) in [5, 5.41) is 0. The molecule has 76 valence electrons. The summed E-state index contributed by atoms with van der Waals surface area (Å²) in [5.41, 5.74) is 2.72. The van der Waals surface area contributed by atoms with Gasteiger partial charge >= 0.3 is 21.2 Å². The highest BCUT2D eigenvalue weighted by Crippen LogP contribution is 1.96. The summed E-state index contributed by atoms with van der Waals surface area (Å²) in [6, 6.07) is 17.7. The molecule has 2 rings (SSSR count). The fraction of sp³-hybridized carbons (Fsp3) is 0.143. The van der Waals surface area contributed by atoms with E-state index in [-0.39, 0.29) is 21.2 Å².